The third kappa shape index (κ3) is 6.13. The molecule has 0 atom stereocenters. The molecule has 0 saturated heterocycles. The van der Waals surface area contributed by atoms with Crippen molar-refractivity contribution in [2.75, 3.05) is 37.5 Å². The van der Waals surface area contributed by atoms with Gasteiger partial charge in [0.15, 0.2) is 0 Å². The summed E-state index contributed by atoms with van der Waals surface area (Å²) in [6, 6.07) is 18.4. The molecule has 0 aliphatic carbocycles. The van der Waals surface area contributed by atoms with Crippen LogP contribution in [0.15, 0.2) is 77.7 Å². The van der Waals surface area contributed by atoms with E-state index in [4.69, 9.17) is 14.2 Å². The zero-order valence-corrected chi connectivity index (χ0v) is 20.8. The molecule has 1 amide bonds. The Bertz CT molecular complexity index is 1280. The van der Waals surface area contributed by atoms with Crippen LogP contribution in [0.25, 0.3) is 6.08 Å². The number of rotatable bonds is 10. The van der Waals surface area contributed by atoms with Crippen molar-refractivity contribution < 1.29 is 27.4 Å². The zero-order valence-electron chi connectivity index (χ0n) is 20.0. The van der Waals surface area contributed by atoms with Gasteiger partial charge in [0.2, 0.25) is 5.91 Å². The van der Waals surface area contributed by atoms with E-state index in [2.05, 4.69) is 5.32 Å². The number of hydrogen-bond donors (Lipinski definition) is 1. The number of para-hydroxylation sites is 1. The molecule has 0 heterocycles. The summed E-state index contributed by atoms with van der Waals surface area (Å²) in [4.78, 5) is 12.7. The lowest BCUT2D eigenvalue weighted by molar-refractivity contribution is -0.111. The van der Waals surface area contributed by atoms with Gasteiger partial charge in [-0.05, 0) is 61.0 Å². The van der Waals surface area contributed by atoms with Crippen LogP contribution in [0.1, 0.15) is 12.5 Å². The summed E-state index contributed by atoms with van der Waals surface area (Å²) in [6.45, 7) is 2.00. The molecule has 8 nitrogen and oxygen atoms in total. The molecule has 0 aliphatic rings. The zero-order chi connectivity index (χ0) is 25.4. The molecular weight excluding hydrogens is 468 g/mol. The van der Waals surface area contributed by atoms with Gasteiger partial charge in [-0.15, -0.1) is 0 Å². The molecule has 0 unspecified atom stereocenters. The topological polar surface area (TPSA) is 94.2 Å². The van der Waals surface area contributed by atoms with Crippen molar-refractivity contribution in [1.29, 1.82) is 0 Å². The Hall–Kier alpha value is -3.98. The molecule has 184 valence electrons. The van der Waals surface area contributed by atoms with Crippen molar-refractivity contribution in [3.63, 3.8) is 0 Å². The first kappa shape index (κ1) is 25.6. The second-order valence-electron chi connectivity index (χ2n) is 7.34. The number of carbonyl (C=O) groups excluding carboxylic acids is 1. The maximum absolute atomic E-state index is 13.4. The van der Waals surface area contributed by atoms with Crippen LogP contribution < -0.4 is 23.8 Å². The van der Waals surface area contributed by atoms with E-state index in [0.29, 0.717) is 28.5 Å². The van der Waals surface area contributed by atoms with Crippen LogP contribution >= 0.6 is 0 Å². The van der Waals surface area contributed by atoms with E-state index in [9.17, 15) is 13.2 Å². The molecule has 0 fully saturated rings. The number of hydrogen-bond acceptors (Lipinski definition) is 6. The smallest absolute Gasteiger partial charge is 0.264 e. The average molecular weight is 497 g/mol. The monoisotopic (exact) mass is 496 g/mol. The molecule has 35 heavy (non-hydrogen) atoms. The quantitative estimate of drug-likeness (QED) is 0.413. The fourth-order valence-corrected chi connectivity index (χ4v) is 4.93. The normalized spacial score (nSPS) is 11.2. The van der Waals surface area contributed by atoms with Gasteiger partial charge in [0, 0.05) is 18.7 Å². The maximum atomic E-state index is 13.4. The molecule has 3 aromatic carbocycles. The van der Waals surface area contributed by atoms with Crippen molar-refractivity contribution in [2.24, 2.45) is 0 Å². The van der Waals surface area contributed by atoms with Gasteiger partial charge in [-0.2, -0.15) is 0 Å². The summed E-state index contributed by atoms with van der Waals surface area (Å²) in [6.07, 6.45) is 2.93. The third-order valence-corrected chi connectivity index (χ3v) is 7.05. The van der Waals surface area contributed by atoms with Crippen molar-refractivity contribution in [2.45, 2.75) is 11.8 Å². The summed E-state index contributed by atoms with van der Waals surface area (Å²) in [7, 11) is 0.650. The number of methoxy groups -OCH3 is 3. The van der Waals surface area contributed by atoms with E-state index in [-0.39, 0.29) is 17.1 Å². The van der Waals surface area contributed by atoms with Gasteiger partial charge in [0.25, 0.3) is 10.0 Å². The highest BCUT2D eigenvalue weighted by Gasteiger charge is 2.25. The first-order valence-electron chi connectivity index (χ1n) is 10.8. The van der Waals surface area contributed by atoms with E-state index >= 15 is 0 Å². The van der Waals surface area contributed by atoms with Crippen LogP contribution in [0.4, 0.5) is 11.4 Å². The number of nitrogens with zero attached hydrogens (tertiary/aromatic N) is 1. The van der Waals surface area contributed by atoms with Crippen LogP contribution in [0.5, 0.6) is 17.2 Å². The molecule has 0 spiro atoms. The highest BCUT2D eigenvalue weighted by atomic mass is 32.2. The standard InChI is InChI=1S/C26H28N2O6S/c1-5-28(20-9-7-6-8-10-20)35(30,31)23-12-13-25(34-4)24(18-23)27-26(29)14-11-19-15-21(32-2)17-22(16-19)33-3/h6-18H,5H2,1-4H3,(H,27,29)/b14-11+. The summed E-state index contributed by atoms with van der Waals surface area (Å²) in [5, 5.41) is 2.70. The van der Waals surface area contributed by atoms with Gasteiger partial charge in [0.1, 0.15) is 17.2 Å². The predicted octanol–water partition coefficient (Wildman–Crippen LogP) is 4.58. The molecule has 3 rings (SSSR count). The molecule has 0 saturated carbocycles. The van der Waals surface area contributed by atoms with E-state index in [1.807, 2.05) is 6.07 Å². The minimum absolute atomic E-state index is 0.0285. The van der Waals surface area contributed by atoms with Gasteiger partial charge in [-0.25, -0.2) is 8.42 Å². The Labute approximate surface area is 205 Å². The first-order valence-corrected chi connectivity index (χ1v) is 12.2. The van der Waals surface area contributed by atoms with Crippen LogP contribution in [-0.2, 0) is 14.8 Å². The lowest BCUT2D eigenvalue weighted by Gasteiger charge is -2.23. The molecule has 0 aliphatic heterocycles. The Morgan fingerprint density at radius 2 is 1.57 bits per heavy atom. The summed E-state index contributed by atoms with van der Waals surface area (Å²) < 4.78 is 43.9. The van der Waals surface area contributed by atoms with Gasteiger partial charge in [-0.1, -0.05) is 18.2 Å². The van der Waals surface area contributed by atoms with Crippen molar-refractivity contribution in [3.05, 3.63) is 78.4 Å². The van der Waals surface area contributed by atoms with Gasteiger partial charge in [-0.3, -0.25) is 9.10 Å². The summed E-state index contributed by atoms with van der Waals surface area (Å²) >= 11 is 0. The molecule has 9 heteroatoms. The minimum Gasteiger partial charge on any atom is -0.497 e. The number of nitrogens with one attached hydrogen (secondary N) is 1. The largest absolute Gasteiger partial charge is 0.497 e. The second-order valence-corrected chi connectivity index (χ2v) is 9.20. The molecule has 0 radical (unpaired) electrons. The lowest BCUT2D eigenvalue weighted by atomic mass is 10.2. The third-order valence-electron chi connectivity index (χ3n) is 5.15. The van der Waals surface area contributed by atoms with Gasteiger partial charge in [0.05, 0.1) is 37.6 Å². The highest BCUT2D eigenvalue weighted by Crippen LogP contribution is 2.31. The van der Waals surface area contributed by atoms with E-state index < -0.39 is 15.9 Å². The SMILES string of the molecule is CCN(c1ccccc1)S(=O)(=O)c1ccc(OC)c(NC(=O)/C=C/c2cc(OC)cc(OC)c2)c1. The van der Waals surface area contributed by atoms with Crippen LogP contribution in [-0.4, -0.2) is 42.2 Å². The van der Waals surface area contributed by atoms with E-state index in [1.54, 1.807) is 69.7 Å². The number of amides is 1. The van der Waals surface area contributed by atoms with Gasteiger partial charge >= 0.3 is 0 Å². The summed E-state index contributed by atoms with van der Waals surface area (Å²) in [5.74, 6) is 1.04. The first-order chi connectivity index (χ1) is 16.8. The summed E-state index contributed by atoms with van der Waals surface area (Å²) in [5.41, 5.74) is 1.48. The molecule has 3 aromatic rings. The minimum atomic E-state index is -3.88. The Kier molecular flexibility index (Phi) is 8.38. The number of benzene rings is 3. The number of carbonyl (C=O) groups is 1. The van der Waals surface area contributed by atoms with Crippen molar-refractivity contribution in [3.8, 4) is 17.2 Å². The second kappa shape index (κ2) is 11.4. The van der Waals surface area contributed by atoms with Crippen LogP contribution in [0.2, 0.25) is 0 Å². The Morgan fingerprint density at radius 1 is 0.914 bits per heavy atom. The molecule has 1 N–H and O–H groups in total. The maximum Gasteiger partial charge on any atom is 0.264 e. The highest BCUT2D eigenvalue weighted by molar-refractivity contribution is 7.92. The molecular formula is C26H28N2O6S. The fraction of sp³-hybridized carbons (Fsp3) is 0.192. The number of anilines is 2. The Morgan fingerprint density at radius 3 is 2.14 bits per heavy atom. The van der Waals surface area contributed by atoms with Crippen molar-refractivity contribution >= 4 is 33.4 Å². The fourth-order valence-electron chi connectivity index (χ4n) is 3.43. The number of sulfonamides is 1. The van der Waals surface area contributed by atoms with E-state index in [1.165, 1.54) is 35.7 Å². The van der Waals surface area contributed by atoms with Crippen molar-refractivity contribution in [1.82, 2.24) is 0 Å². The Balaban J connectivity index is 1.88. The van der Waals surface area contributed by atoms with Crippen LogP contribution in [0.3, 0.4) is 0 Å². The molecule has 0 aromatic heterocycles. The average Bonchev–Trinajstić information content (AvgIpc) is 2.88. The number of ether oxygens (including phenoxy) is 3. The van der Waals surface area contributed by atoms with Gasteiger partial charge < -0.3 is 19.5 Å². The molecule has 0 bridgehead atoms. The van der Waals surface area contributed by atoms with E-state index in [0.717, 1.165) is 0 Å². The predicted molar refractivity (Wildman–Crippen MR) is 137 cm³/mol. The van der Waals surface area contributed by atoms with Crippen LogP contribution in [0, 0.1) is 0 Å². The lowest BCUT2D eigenvalue weighted by Crippen LogP contribution is -2.30.